The summed E-state index contributed by atoms with van der Waals surface area (Å²) in [4.78, 5) is 3.23. The highest BCUT2D eigenvalue weighted by molar-refractivity contribution is 9.10. The van der Waals surface area contributed by atoms with Gasteiger partial charge < -0.3 is 9.72 Å². The van der Waals surface area contributed by atoms with Gasteiger partial charge in [0.2, 0.25) is 0 Å². The van der Waals surface area contributed by atoms with E-state index in [1.165, 1.54) is 5.56 Å². The number of aromatic amines is 1. The van der Waals surface area contributed by atoms with Gasteiger partial charge in [-0.25, -0.2) is 0 Å². The molecule has 1 N–H and O–H groups in total. The summed E-state index contributed by atoms with van der Waals surface area (Å²) in [7, 11) is 0. The minimum absolute atomic E-state index is 0.696. The molecule has 0 spiro atoms. The largest absolute Gasteiger partial charge is 0.492 e. The SMILES string of the molecule is CCOc1c[nH]c2c(C)c(Br)ccc12. The van der Waals surface area contributed by atoms with Crippen LogP contribution in [0.1, 0.15) is 12.5 Å². The maximum absolute atomic E-state index is 5.51. The summed E-state index contributed by atoms with van der Waals surface area (Å²) in [6.07, 6.45) is 1.91. The fraction of sp³-hybridized carbons (Fsp3) is 0.273. The summed E-state index contributed by atoms with van der Waals surface area (Å²) in [5.41, 5.74) is 2.36. The van der Waals surface area contributed by atoms with Gasteiger partial charge in [-0.15, -0.1) is 0 Å². The van der Waals surface area contributed by atoms with Crippen molar-refractivity contribution in [3.8, 4) is 5.75 Å². The third-order valence-electron chi connectivity index (χ3n) is 2.31. The van der Waals surface area contributed by atoms with E-state index in [-0.39, 0.29) is 0 Å². The number of hydrogen-bond donors (Lipinski definition) is 1. The summed E-state index contributed by atoms with van der Waals surface area (Å²) >= 11 is 3.50. The van der Waals surface area contributed by atoms with E-state index < -0.39 is 0 Å². The van der Waals surface area contributed by atoms with Crippen LogP contribution < -0.4 is 4.74 Å². The molecule has 74 valence electrons. The molecule has 1 aromatic heterocycles. The second-order valence-corrected chi connectivity index (χ2v) is 4.04. The molecule has 14 heavy (non-hydrogen) atoms. The first kappa shape index (κ1) is 9.59. The van der Waals surface area contributed by atoms with Crippen molar-refractivity contribution >= 4 is 26.8 Å². The molecular formula is C11H12BrNO. The molecule has 0 saturated heterocycles. The molecule has 1 heterocycles. The van der Waals surface area contributed by atoms with E-state index in [2.05, 4.69) is 33.9 Å². The van der Waals surface area contributed by atoms with Gasteiger partial charge in [0, 0.05) is 16.1 Å². The van der Waals surface area contributed by atoms with Crippen molar-refractivity contribution in [2.75, 3.05) is 6.61 Å². The maximum atomic E-state index is 5.51. The number of fused-ring (bicyclic) bond motifs is 1. The monoisotopic (exact) mass is 253 g/mol. The molecule has 3 heteroatoms. The van der Waals surface area contributed by atoms with Crippen LogP contribution in [0.3, 0.4) is 0 Å². The Labute approximate surface area is 91.4 Å². The van der Waals surface area contributed by atoms with Gasteiger partial charge in [-0.1, -0.05) is 15.9 Å². The van der Waals surface area contributed by atoms with Gasteiger partial charge in [0.1, 0.15) is 5.75 Å². The number of aryl methyl sites for hydroxylation is 1. The highest BCUT2D eigenvalue weighted by Gasteiger charge is 2.07. The normalized spacial score (nSPS) is 10.8. The van der Waals surface area contributed by atoms with Gasteiger partial charge in [-0.05, 0) is 31.5 Å². The minimum Gasteiger partial charge on any atom is -0.492 e. The van der Waals surface area contributed by atoms with Crippen LogP contribution in [-0.4, -0.2) is 11.6 Å². The first-order chi connectivity index (χ1) is 6.74. The molecule has 2 rings (SSSR count). The Balaban J connectivity index is 2.64. The van der Waals surface area contributed by atoms with E-state index in [1.54, 1.807) is 0 Å². The lowest BCUT2D eigenvalue weighted by Gasteiger charge is -2.02. The first-order valence-corrected chi connectivity index (χ1v) is 5.42. The zero-order chi connectivity index (χ0) is 10.1. The highest BCUT2D eigenvalue weighted by Crippen LogP contribution is 2.31. The predicted molar refractivity (Wildman–Crippen MR) is 61.9 cm³/mol. The Morgan fingerprint density at radius 1 is 1.43 bits per heavy atom. The van der Waals surface area contributed by atoms with Gasteiger partial charge in [-0.2, -0.15) is 0 Å². The van der Waals surface area contributed by atoms with Crippen LogP contribution in [0, 0.1) is 6.92 Å². The number of halogens is 1. The number of ether oxygens (including phenoxy) is 1. The van der Waals surface area contributed by atoms with Crippen LogP contribution in [0.25, 0.3) is 10.9 Å². The maximum Gasteiger partial charge on any atom is 0.144 e. The van der Waals surface area contributed by atoms with Crippen molar-refractivity contribution in [3.63, 3.8) is 0 Å². The van der Waals surface area contributed by atoms with Crippen LogP contribution in [0.5, 0.6) is 5.75 Å². The molecule has 0 saturated carbocycles. The van der Waals surface area contributed by atoms with Gasteiger partial charge in [0.25, 0.3) is 0 Å². The number of benzene rings is 1. The smallest absolute Gasteiger partial charge is 0.144 e. The predicted octanol–water partition coefficient (Wildman–Crippen LogP) is 3.64. The minimum atomic E-state index is 0.696. The standard InChI is InChI=1S/C11H12BrNO/c1-3-14-10-6-13-11-7(2)9(12)5-4-8(10)11/h4-6,13H,3H2,1-2H3. The lowest BCUT2D eigenvalue weighted by atomic mass is 10.1. The molecule has 0 bridgehead atoms. The topological polar surface area (TPSA) is 25.0 Å². The lowest BCUT2D eigenvalue weighted by Crippen LogP contribution is -1.89. The van der Waals surface area contributed by atoms with Gasteiger partial charge in [0.05, 0.1) is 12.1 Å². The van der Waals surface area contributed by atoms with E-state index in [0.29, 0.717) is 6.61 Å². The molecule has 0 aliphatic carbocycles. The van der Waals surface area contributed by atoms with Crippen LogP contribution in [0.4, 0.5) is 0 Å². The van der Waals surface area contributed by atoms with E-state index >= 15 is 0 Å². The second-order valence-electron chi connectivity index (χ2n) is 3.18. The Hall–Kier alpha value is -0.960. The molecular weight excluding hydrogens is 242 g/mol. The molecule has 0 aliphatic rings. The van der Waals surface area contributed by atoms with Crippen LogP contribution >= 0.6 is 15.9 Å². The van der Waals surface area contributed by atoms with Crippen molar-refractivity contribution in [2.45, 2.75) is 13.8 Å². The van der Waals surface area contributed by atoms with Crippen molar-refractivity contribution < 1.29 is 4.74 Å². The van der Waals surface area contributed by atoms with Crippen molar-refractivity contribution in [1.29, 1.82) is 0 Å². The Bertz CT molecular complexity index is 462. The zero-order valence-corrected chi connectivity index (χ0v) is 9.81. The number of hydrogen-bond acceptors (Lipinski definition) is 1. The van der Waals surface area contributed by atoms with Crippen molar-refractivity contribution in [2.24, 2.45) is 0 Å². The average molecular weight is 254 g/mol. The van der Waals surface area contributed by atoms with Crippen LogP contribution in [-0.2, 0) is 0 Å². The zero-order valence-electron chi connectivity index (χ0n) is 8.23. The number of nitrogens with one attached hydrogen (secondary N) is 1. The van der Waals surface area contributed by atoms with Gasteiger partial charge >= 0.3 is 0 Å². The highest BCUT2D eigenvalue weighted by atomic mass is 79.9. The molecule has 0 unspecified atom stereocenters. The lowest BCUT2D eigenvalue weighted by molar-refractivity contribution is 0.344. The molecule has 0 atom stereocenters. The Morgan fingerprint density at radius 2 is 2.21 bits per heavy atom. The molecule has 0 fully saturated rings. The van der Waals surface area contributed by atoms with E-state index in [9.17, 15) is 0 Å². The second kappa shape index (κ2) is 3.65. The van der Waals surface area contributed by atoms with Crippen LogP contribution in [0.2, 0.25) is 0 Å². The Kier molecular flexibility index (Phi) is 2.50. The third kappa shape index (κ3) is 1.42. The van der Waals surface area contributed by atoms with Gasteiger partial charge in [-0.3, -0.25) is 0 Å². The fourth-order valence-electron chi connectivity index (χ4n) is 1.57. The molecule has 0 aliphatic heterocycles. The van der Waals surface area contributed by atoms with Crippen LogP contribution in [0.15, 0.2) is 22.8 Å². The molecule has 0 amide bonds. The summed E-state index contributed by atoms with van der Waals surface area (Å²) in [6, 6.07) is 4.11. The number of aromatic nitrogens is 1. The van der Waals surface area contributed by atoms with Crippen molar-refractivity contribution in [3.05, 3.63) is 28.4 Å². The molecule has 1 aromatic carbocycles. The van der Waals surface area contributed by atoms with E-state index in [0.717, 1.165) is 21.1 Å². The summed E-state index contributed by atoms with van der Waals surface area (Å²) in [5.74, 6) is 0.929. The fourth-order valence-corrected chi connectivity index (χ4v) is 1.90. The van der Waals surface area contributed by atoms with Crippen molar-refractivity contribution in [1.82, 2.24) is 4.98 Å². The van der Waals surface area contributed by atoms with E-state index in [1.807, 2.05) is 19.2 Å². The molecule has 0 radical (unpaired) electrons. The number of H-pyrrole nitrogens is 1. The molecule has 2 aromatic rings. The third-order valence-corrected chi connectivity index (χ3v) is 3.17. The number of rotatable bonds is 2. The summed E-state index contributed by atoms with van der Waals surface area (Å²) < 4.78 is 6.63. The summed E-state index contributed by atoms with van der Waals surface area (Å²) in [6.45, 7) is 4.77. The molecule has 2 nitrogen and oxygen atoms in total. The first-order valence-electron chi connectivity index (χ1n) is 4.63. The quantitative estimate of drug-likeness (QED) is 0.869. The van der Waals surface area contributed by atoms with E-state index in [4.69, 9.17) is 4.74 Å². The average Bonchev–Trinajstić information content (AvgIpc) is 2.57. The van der Waals surface area contributed by atoms with Gasteiger partial charge in [0.15, 0.2) is 0 Å². The Morgan fingerprint density at radius 3 is 2.93 bits per heavy atom. The summed E-state index contributed by atoms with van der Waals surface area (Å²) in [5, 5.41) is 1.15.